The number of aryl methyl sites for hydroxylation is 1. The molecule has 0 atom stereocenters. The Balaban J connectivity index is 2.57. The fraction of sp³-hybridized carbons (Fsp3) is 0.375. The molecule has 11 heavy (non-hydrogen) atoms. The van der Waals surface area contributed by atoms with E-state index in [1.807, 2.05) is 6.92 Å². The van der Waals surface area contributed by atoms with Gasteiger partial charge in [-0.3, -0.25) is 5.10 Å². The normalized spacial score (nSPS) is 16.9. The highest BCUT2D eigenvalue weighted by atomic mass is 19.1. The number of nitrogens with one attached hydrogen (secondary N) is 1. The van der Waals surface area contributed by atoms with Crippen LogP contribution in [0.1, 0.15) is 24.6 Å². The SMILES string of the molecule is CC1=C(F)c2cn[nH]c2CC1. The van der Waals surface area contributed by atoms with Crippen molar-refractivity contribution in [3.63, 3.8) is 0 Å². The third-order valence-corrected chi connectivity index (χ3v) is 2.08. The molecule has 0 amide bonds. The summed E-state index contributed by atoms with van der Waals surface area (Å²) in [5.74, 6) is -0.0972. The predicted octanol–water partition coefficient (Wildman–Crippen LogP) is 2.06. The van der Waals surface area contributed by atoms with Crippen molar-refractivity contribution in [1.29, 1.82) is 0 Å². The van der Waals surface area contributed by atoms with Crippen LogP contribution in [0.15, 0.2) is 11.8 Å². The van der Waals surface area contributed by atoms with Gasteiger partial charge >= 0.3 is 0 Å². The van der Waals surface area contributed by atoms with Gasteiger partial charge < -0.3 is 0 Å². The number of hydrogen-bond acceptors (Lipinski definition) is 1. The lowest BCUT2D eigenvalue weighted by Crippen LogP contribution is -1.98. The Bertz CT molecular complexity index is 312. The van der Waals surface area contributed by atoms with Crippen molar-refractivity contribution < 1.29 is 4.39 Å². The number of rotatable bonds is 0. The Hall–Kier alpha value is -1.12. The number of nitrogens with zero attached hydrogens (tertiary/aromatic N) is 1. The Kier molecular flexibility index (Phi) is 1.31. The zero-order valence-corrected chi connectivity index (χ0v) is 6.32. The van der Waals surface area contributed by atoms with Crippen LogP contribution >= 0.6 is 0 Å². The largest absolute Gasteiger partial charge is 0.282 e. The smallest absolute Gasteiger partial charge is 0.132 e. The first-order valence-corrected chi connectivity index (χ1v) is 3.67. The molecular formula is C8H9FN2. The third-order valence-electron chi connectivity index (χ3n) is 2.08. The van der Waals surface area contributed by atoms with E-state index in [1.165, 1.54) is 0 Å². The van der Waals surface area contributed by atoms with Crippen LogP contribution in [0.25, 0.3) is 5.83 Å². The van der Waals surface area contributed by atoms with E-state index in [2.05, 4.69) is 10.2 Å². The number of allylic oxidation sites excluding steroid dienone is 1. The van der Waals surface area contributed by atoms with Crippen molar-refractivity contribution >= 4 is 5.83 Å². The Labute approximate surface area is 64.1 Å². The Morgan fingerprint density at radius 2 is 2.36 bits per heavy atom. The van der Waals surface area contributed by atoms with Gasteiger partial charge in [0, 0.05) is 5.69 Å². The van der Waals surface area contributed by atoms with Gasteiger partial charge in [0.1, 0.15) is 5.83 Å². The minimum atomic E-state index is -0.0972. The molecule has 1 aliphatic rings. The minimum absolute atomic E-state index is 0.0972. The summed E-state index contributed by atoms with van der Waals surface area (Å²) in [5.41, 5.74) is 2.40. The van der Waals surface area contributed by atoms with Gasteiger partial charge in [-0.1, -0.05) is 0 Å². The summed E-state index contributed by atoms with van der Waals surface area (Å²) in [6.45, 7) is 1.82. The van der Waals surface area contributed by atoms with Gasteiger partial charge in [-0.05, 0) is 25.3 Å². The molecule has 0 aliphatic heterocycles. The first-order valence-electron chi connectivity index (χ1n) is 3.67. The van der Waals surface area contributed by atoms with Crippen LogP contribution in [-0.2, 0) is 6.42 Å². The number of aromatic amines is 1. The number of aromatic nitrogens is 2. The Morgan fingerprint density at radius 1 is 1.55 bits per heavy atom. The maximum atomic E-state index is 13.2. The van der Waals surface area contributed by atoms with Crippen LogP contribution in [-0.4, -0.2) is 10.2 Å². The fourth-order valence-corrected chi connectivity index (χ4v) is 1.34. The number of fused-ring (bicyclic) bond motifs is 1. The number of H-pyrrole nitrogens is 1. The second kappa shape index (κ2) is 2.19. The molecule has 0 saturated carbocycles. The van der Waals surface area contributed by atoms with E-state index in [-0.39, 0.29) is 5.83 Å². The highest BCUT2D eigenvalue weighted by molar-refractivity contribution is 5.65. The minimum Gasteiger partial charge on any atom is -0.282 e. The Morgan fingerprint density at radius 3 is 3.18 bits per heavy atom. The average Bonchev–Trinajstić information content (AvgIpc) is 2.45. The molecule has 2 rings (SSSR count). The highest BCUT2D eigenvalue weighted by Gasteiger charge is 2.17. The van der Waals surface area contributed by atoms with Crippen LogP contribution < -0.4 is 0 Å². The van der Waals surface area contributed by atoms with E-state index in [4.69, 9.17) is 0 Å². The van der Waals surface area contributed by atoms with E-state index < -0.39 is 0 Å². The van der Waals surface area contributed by atoms with Gasteiger partial charge in [0.2, 0.25) is 0 Å². The number of halogens is 1. The monoisotopic (exact) mass is 152 g/mol. The van der Waals surface area contributed by atoms with E-state index in [0.29, 0.717) is 5.56 Å². The quantitative estimate of drug-likeness (QED) is 0.605. The summed E-state index contributed by atoms with van der Waals surface area (Å²) < 4.78 is 13.2. The number of hydrogen-bond donors (Lipinski definition) is 1. The summed E-state index contributed by atoms with van der Waals surface area (Å²) in [4.78, 5) is 0. The average molecular weight is 152 g/mol. The summed E-state index contributed by atoms with van der Waals surface area (Å²) in [5, 5.41) is 6.57. The highest BCUT2D eigenvalue weighted by Crippen LogP contribution is 2.30. The predicted molar refractivity (Wildman–Crippen MR) is 40.6 cm³/mol. The first kappa shape index (κ1) is 6.58. The topological polar surface area (TPSA) is 28.7 Å². The molecular weight excluding hydrogens is 143 g/mol. The summed E-state index contributed by atoms with van der Waals surface area (Å²) in [6, 6.07) is 0. The maximum Gasteiger partial charge on any atom is 0.132 e. The van der Waals surface area contributed by atoms with E-state index in [0.717, 1.165) is 24.1 Å². The van der Waals surface area contributed by atoms with E-state index in [9.17, 15) is 4.39 Å². The van der Waals surface area contributed by atoms with Gasteiger partial charge in [-0.15, -0.1) is 0 Å². The third kappa shape index (κ3) is 0.878. The van der Waals surface area contributed by atoms with Crippen LogP contribution in [0.4, 0.5) is 4.39 Å². The molecule has 3 heteroatoms. The van der Waals surface area contributed by atoms with Crippen LogP contribution in [0, 0.1) is 0 Å². The van der Waals surface area contributed by atoms with Crippen LogP contribution in [0.2, 0.25) is 0 Å². The lowest BCUT2D eigenvalue weighted by Gasteiger charge is -2.10. The van der Waals surface area contributed by atoms with Gasteiger partial charge in [0.05, 0.1) is 11.8 Å². The molecule has 1 aromatic heterocycles. The molecule has 0 unspecified atom stereocenters. The van der Waals surface area contributed by atoms with Crippen LogP contribution in [0.3, 0.4) is 0 Å². The zero-order valence-electron chi connectivity index (χ0n) is 6.32. The van der Waals surface area contributed by atoms with Crippen molar-refractivity contribution in [2.75, 3.05) is 0 Å². The van der Waals surface area contributed by atoms with Crippen molar-refractivity contribution in [2.45, 2.75) is 19.8 Å². The molecule has 1 aromatic rings. The van der Waals surface area contributed by atoms with Gasteiger partial charge in [0.25, 0.3) is 0 Å². The van der Waals surface area contributed by atoms with E-state index in [1.54, 1.807) is 6.20 Å². The molecule has 0 spiro atoms. The maximum absolute atomic E-state index is 13.2. The van der Waals surface area contributed by atoms with Gasteiger partial charge in [-0.25, -0.2) is 4.39 Å². The summed E-state index contributed by atoms with van der Waals surface area (Å²) >= 11 is 0. The zero-order chi connectivity index (χ0) is 7.84. The lowest BCUT2D eigenvalue weighted by molar-refractivity contribution is 0.717. The van der Waals surface area contributed by atoms with Crippen molar-refractivity contribution in [1.82, 2.24) is 10.2 Å². The van der Waals surface area contributed by atoms with Crippen molar-refractivity contribution in [3.8, 4) is 0 Å². The van der Waals surface area contributed by atoms with Gasteiger partial charge in [-0.2, -0.15) is 5.10 Å². The molecule has 58 valence electrons. The van der Waals surface area contributed by atoms with Gasteiger partial charge in [0.15, 0.2) is 0 Å². The summed E-state index contributed by atoms with van der Waals surface area (Å²) in [6.07, 6.45) is 3.24. The van der Waals surface area contributed by atoms with Crippen molar-refractivity contribution in [2.24, 2.45) is 0 Å². The second-order valence-corrected chi connectivity index (χ2v) is 2.86. The summed E-state index contributed by atoms with van der Waals surface area (Å²) in [7, 11) is 0. The lowest BCUT2D eigenvalue weighted by atomic mass is 9.98. The molecule has 1 aliphatic carbocycles. The van der Waals surface area contributed by atoms with E-state index >= 15 is 0 Å². The molecule has 0 bridgehead atoms. The second-order valence-electron chi connectivity index (χ2n) is 2.86. The first-order chi connectivity index (χ1) is 5.29. The fourth-order valence-electron chi connectivity index (χ4n) is 1.34. The van der Waals surface area contributed by atoms with Crippen LogP contribution in [0.5, 0.6) is 0 Å². The molecule has 1 N–H and O–H groups in total. The molecule has 0 fully saturated rings. The molecule has 0 aromatic carbocycles. The van der Waals surface area contributed by atoms with Crippen molar-refractivity contribution in [3.05, 3.63) is 23.0 Å². The molecule has 0 radical (unpaired) electrons. The molecule has 0 saturated heterocycles. The molecule has 2 nitrogen and oxygen atoms in total. The molecule has 1 heterocycles. The standard InChI is InChI=1S/C8H9FN2/c1-5-2-3-7-6(8(5)9)4-10-11-7/h4H,2-3H2,1H3,(H,10,11).